The molecule has 0 aliphatic carbocycles. The van der Waals surface area contributed by atoms with Gasteiger partial charge in [-0.05, 0) is 55.0 Å². The van der Waals surface area contributed by atoms with Gasteiger partial charge in [-0.3, -0.25) is 5.41 Å². The summed E-state index contributed by atoms with van der Waals surface area (Å²) in [5, 5.41) is 26.4. The molecular weight excluding hydrogens is 557 g/mol. The van der Waals surface area contributed by atoms with E-state index in [0.29, 0.717) is 24.5 Å². The number of rotatable bonds is 9. The Labute approximate surface area is 252 Å². The number of anilines is 1. The molecule has 0 spiro atoms. The molecule has 7 heteroatoms. The van der Waals surface area contributed by atoms with Crippen LogP contribution in [0.5, 0.6) is 5.75 Å². The van der Waals surface area contributed by atoms with Crippen molar-refractivity contribution in [3.63, 3.8) is 0 Å². The summed E-state index contributed by atoms with van der Waals surface area (Å²) in [6.07, 6.45) is 4.33. The van der Waals surface area contributed by atoms with Gasteiger partial charge in [0.05, 0.1) is 17.9 Å². The van der Waals surface area contributed by atoms with Gasteiger partial charge in [-0.15, -0.1) is 0 Å². The van der Waals surface area contributed by atoms with Gasteiger partial charge in [-0.25, -0.2) is 0 Å². The van der Waals surface area contributed by atoms with Crippen LogP contribution >= 0.6 is 0 Å². The minimum absolute atomic E-state index is 0. The van der Waals surface area contributed by atoms with Crippen LogP contribution in [0.15, 0.2) is 103 Å². The zero-order chi connectivity index (χ0) is 28.5. The topological polar surface area (TPSA) is 89.6 Å². The first-order valence-electron chi connectivity index (χ1n) is 13.5. The summed E-state index contributed by atoms with van der Waals surface area (Å²) in [6.45, 7) is 6.29. The number of para-hydroxylation sites is 1. The Kier molecular flexibility index (Phi) is 11.3. The molecule has 1 aliphatic rings. The first kappa shape index (κ1) is 31.6. The minimum Gasteiger partial charge on any atom is -0.493 e. The predicted molar refractivity (Wildman–Crippen MR) is 165 cm³/mol. The minimum atomic E-state index is -0.488. The van der Waals surface area contributed by atoms with Crippen LogP contribution in [0.25, 0.3) is 10.8 Å². The molecule has 0 aromatic heterocycles. The smallest absolute Gasteiger partial charge is 0.214 e. The molecule has 4 aromatic rings. The van der Waals surface area contributed by atoms with Crippen molar-refractivity contribution in [2.45, 2.75) is 25.7 Å². The molecule has 1 unspecified atom stereocenters. The van der Waals surface area contributed by atoms with E-state index in [1.165, 1.54) is 39.5 Å². The molecule has 1 atom stereocenters. The quantitative estimate of drug-likeness (QED) is 0.108. The third kappa shape index (κ3) is 6.88. The third-order valence-corrected chi connectivity index (χ3v) is 7.27. The van der Waals surface area contributed by atoms with Gasteiger partial charge in [0.2, 0.25) is 5.90 Å². The molecule has 3 N–H and O–H groups in total. The molecule has 1 aliphatic heterocycles. The molecule has 6 nitrogen and oxygen atoms in total. The first-order chi connectivity index (χ1) is 19.4. The van der Waals surface area contributed by atoms with E-state index >= 15 is 0 Å². The number of benzene rings is 4. The fraction of sp³-hybridized carbons (Fsp3) is 0.235. The van der Waals surface area contributed by atoms with Gasteiger partial charge in [0.25, 0.3) is 0 Å². The molecule has 4 aromatic carbocycles. The van der Waals surface area contributed by atoms with Crippen LogP contribution in [0, 0.1) is 10.8 Å². The van der Waals surface area contributed by atoms with Gasteiger partial charge >= 0.3 is 0 Å². The van der Waals surface area contributed by atoms with E-state index in [-0.39, 0.29) is 22.2 Å². The summed E-state index contributed by atoms with van der Waals surface area (Å²) in [7, 11) is 1.59. The number of aliphatic hydroxyl groups excluding tert-OH is 1. The summed E-state index contributed by atoms with van der Waals surface area (Å²) in [5.74, 6) is 0.00932. The van der Waals surface area contributed by atoms with Crippen LogP contribution in [-0.2, 0) is 33.4 Å². The van der Waals surface area contributed by atoms with Crippen LogP contribution in [0.2, 0.25) is 0 Å². The number of nitrogens with zero attached hydrogens (tertiary/aromatic N) is 1. The molecule has 1 heterocycles. The fourth-order valence-corrected chi connectivity index (χ4v) is 5.44. The molecule has 0 saturated carbocycles. The standard InChI is InChI=1S/C24H24N2.C10H13NO3.Co/c1-3-26-22(15-16-25)24(2,17-18-9-5-4-6-10-18)21-14-13-19-11-7-8-12-20(19)23(21)26;1-13-6-7-14-9-5-3-2-4-8(9)10(11)12;/h4-16,25H,3,17H2,1-2H3;2-5H,6-7H2,1H3,(H2,11,12);/b22-15-,25-16?;;. The molecule has 5 rings (SSSR count). The average Bonchev–Trinajstić information content (AvgIpc) is 3.21. The second kappa shape index (κ2) is 14.6. The van der Waals surface area contributed by atoms with Crippen molar-refractivity contribution < 1.29 is 31.4 Å². The summed E-state index contributed by atoms with van der Waals surface area (Å²) in [5.41, 5.74) is 5.44. The summed E-state index contributed by atoms with van der Waals surface area (Å²) in [4.78, 5) is 2.39. The summed E-state index contributed by atoms with van der Waals surface area (Å²) in [6, 6.07) is 30.6. The van der Waals surface area contributed by atoms with Crippen molar-refractivity contribution in [3.05, 3.63) is 119 Å². The molecule has 41 heavy (non-hydrogen) atoms. The van der Waals surface area contributed by atoms with Gasteiger partial charge in [-0.2, -0.15) is 0 Å². The van der Waals surface area contributed by atoms with E-state index in [2.05, 4.69) is 85.5 Å². The maximum absolute atomic E-state index is 9.03. The van der Waals surface area contributed by atoms with E-state index in [1.54, 1.807) is 31.4 Å². The number of hydrogen-bond donors (Lipinski definition) is 3. The molecule has 0 bridgehead atoms. The predicted octanol–water partition coefficient (Wildman–Crippen LogP) is 7.31. The van der Waals surface area contributed by atoms with Crippen molar-refractivity contribution in [2.24, 2.45) is 0 Å². The summed E-state index contributed by atoms with van der Waals surface area (Å²) >= 11 is 0. The van der Waals surface area contributed by atoms with E-state index in [4.69, 9.17) is 25.4 Å². The van der Waals surface area contributed by atoms with Crippen molar-refractivity contribution in [1.82, 2.24) is 0 Å². The maximum atomic E-state index is 9.03. The number of methoxy groups -OCH3 is 1. The van der Waals surface area contributed by atoms with Gasteiger partial charge in [0.15, 0.2) is 0 Å². The van der Waals surface area contributed by atoms with E-state index in [9.17, 15) is 0 Å². The Morgan fingerprint density at radius 1 is 0.927 bits per heavy atom. The van der Waals surface area contributed by atoms with Crippen molar-refractivity contribution in [1.29, 1.82) is 10.8 Å². The van der Waals surface area contributed by atoms with E-state index in [1.807, 2.05) is 6.08 Å². The van der Waals surface area contributed by atoms with Crippen LogP contribution in [0.1, 0.15) is 30.5 Å². The van der Waals surface area contributed by atoms with E-state index in [0.717, 1.165) is 13.0 Å². The molecule has 0 fully saturated rings. The Bertz CT molecular complexity index is 1510. The van der Waals surface area contributed by atoms with Crippen molar-refractivity contribution >= 4 is 28.6 Å². The average molecular weight is 595 g/mol. The number of hydrogen-bond acceptors (Lipinski definition) is 5. The van der Waals surface area contributed by atoms with Crippen LogP contribution in [0.4, 0.5) is 5.69 Å². The SMILES string of the molecule is CCN1/C(=C\C=N)C(C)(Cc2ccccc2)c2ccc3ccccc3c21.COCCOc1ccccc1C(=N)O.[Co]. The monoisotopic (exact) mass is 594 g/mol. The number of nitrogens with one attached hydrogen (secondary N) is 2. The zero-order valence-electron chi connectivity index (χ0n) is 23.7. The molecule has 0 amide bonds. The number of likely N-dealkylation sites (N-methyl/N-ethyl adjacent to an activating group) is 1. The molecule has 1 radical (unpaired) electrons. The number of fused-ring (bicyclic) bond motifs is 3. The third-order valence-electron chi connectivity index (χ3n) is 7.27. The Morgan fingerprint density at radius 2 is 1.61 bits per heavy atom. The van der Waals surface area contributed by atoms with Gasteiger partial charge < -0.3 is 24.9 Å². The van der Waals surface area contributed by atoms with Gasteiger partial charge in [0, 0.05) is 53.1 Å². The maximum Gasteiger partial charge on any atom is 0.214 e. The summed E-state index contributed by atoms with van der Waals surface area (Å²) < 4.78 is 10.1. The second-order valence-corrected chi connectivity index (χ2v) is 9.83. The first-order valence-corrected chi connectivity index (χ1v) is 13.5. The van der Waals surface area contributed by atoms with E-state index < -0.39 is 5.90 Å². The Morgan fingerprint density at radius 3 is 2.29 bits per heavy atom. The Balaban J connectivity index is 0.000000264. The van der Waals surface area contributed by atoms with Crippen LogP contribution in [-0.4, -0.2) is 44.1 Å². The van der Waals surface area contributed by atoms with Gasteiger partial charge in [0.1, 0.15) is 12.4 Å². The Hall–Kier alpha value is -3.91. The zero-order valence-corrected chi connectivity index (χ0v) is 24.7. The van der Waals surface area contributed by atoms with Crippen LogP contribution in [0.3, 0.4) is 0 Å². The van der Waals surface area contributed by atoms with Crippen molar-refractivity contribution in [2.75, 3.05) is 31.8 Å². The number of allylic oxidation sites excluding steroid dienone is 2. The fourth-order valence-electron chi connectivity index (χ4n) is 5.44. The van der Waals surface area contributed by atoms with Gasteiger partial charge in [-0.1, -0.05) is 78.9 Å². The molecular formula is C34H37CoN3O3. The molecule has 215 valence electrons. The van der Waals surface area contributed by atoms with Crippen LogP contribution < -0.4 is 9.64 Å². The normalized spacial score (nSPS) is 16.4. The second-order valence-electron chi connectivity index (χ2n) is 9.83. The number of aliphatic hydroxyl groups is 1. The van der Waals surface area contributed by atoms with Crippen molar-refractivity contribution in [3.8, 4) is 5.75 Å². The number of ether oxygens (including phenoxy) is 2. The molecule has 0 saturated heterocycles. The largest absolute Gasteiger partial charge is 0.493 e.